The second-order valence-corrected chi connectivity index (χ2v) is 2.86. The van der Waals surface area contributed by atoms with Crippen molar-refractivity contribution in [3.8, 4) is 0 Å². The van der Waals surface area contributed by atoms with Gasteiger partial charge in [0.05, 0.1) is 12.1 Å². The van der Waals surface area contributed by atoms with Gasteiger partial charge in [-0.2, -0.15) is 0 Å². The van der Waals surface area contributed by atoms with Gasteiger partial charge in [-0.1, -0.05) is 0 Å². The van der Waals surface area contributed by atoms with Crippen LogP contribution in [0.5, 0.6) is 0 Å². The van der Waals surface area contributed by atoms with Crippen molar-refractivity contribution >= 4 is 5.78 Å². The van der Waals surface area contributed by atoms with Crippen LogP contribution in [-0.2, 0) is 9.53 Å². The van der Waals surface area contributed by atoms with Gasteiger partial charge in [0.1, 0.15) is 6.61 Å². The van der Waals surface area contributed by atoms with Gasteiger partial charge in [-0.3, -0.25) is 4.79 Å². The quantitative estimate of drug-likeness (QED) is 0.517. The van der Waals surface area contributed by atoms with E-state index < -0.39 is 0 Å². The average molecular weight is 153 g/mol. The molecule has 0 unspecified atom stereocenters. The molecule has 1 N–H and O–H groups in total. The number of allylic oxidation sites excluding steroid dienone is 1. The van der Waals surface area contributed by atoms with Gasteiger partial charge in [-0.05, 0) is 12.8 Å². The van der Waals surface area contributed by atoms with Crippen LogP contribution in [0.15, 0.2) is 11.5 Å². The lowest BCUT2D eigenvalue weighted by Gasteiger charge is -2.01. The second-order valence-electron chi connectivity index (χ2n) is 2.86. The smallest absolute Gasteiger partial charge is 0.193 e. The number of ether oxygens (including phenoxy) is 1. The fraction of sp³-hybridized carbons (Fsp3) is 0.625. The van der Waals surface area contributed by atoms with E-state index in [4.69, 9.17) is 4.74 Å². The summed E-state index contributed by atoms with van der Waals surface area (Å²) in [6, 6.07) is 0. The first-order valence-electron chi connectivity index (χ1n) is 4.01. The van der Waals surface area contributed by atoms with E-state index in [1.807, 2.05) is 0 Å². The summed E-state index contributed by atoms with van der Waals surface area (Å²) in [4.78, 5) is 11.2. The van der Waals surface area contributed by atoms with Crippen LogP contribution < -0.4 is 5.32 Å². The van der Waals surface area contributed by atoms with E-state index in [9.17, 15) is 4.79 Å². The molecule has 0 bridgehead atoms. The summed E-state index contributed by atoms with van der Waals surface area (Å²) >= 11 is 0. The van der Waals surface area contributed by atoms with Crippen LogP contribution in [0, 0.1) is 0 Å². The first kappa shape index (κ1) is 6.70. The lowest BCUT2D eigenvalue weighted by atomic mass is 10.2. The SMILES string of the molecule is O=C1CCC/C1=C1\NCCO1. The van der Waals surface area contributed by atoms with Crippen molar-refractivity contribution < 1.29 is 9.53 Å². The second kappa shape index (κ2) is 2.57. The van der Waals surface area contributed by atoms with Gasteiger partial charge in [-0.25, -0.2) is 0 Å². The number of ketones is 1. The number of carbonyl (C=O) groups is 1. The summed E-state index contributed by atoms with van der Waals surface area (Å²) in [5.74, 6) is 1.00. The van der Waals surface area contributed by atoms with Gasteiger partial charge < -0.3 is 10.1 Å². The Morgan fingerprint density at radius 3 is 2.82 bits per heavy atom. The first-order valence-corrected chi connectivity index (χ1v) is 4.01. The lowest BCUT2D eigenvalue weighted by Crippen LogP contribution is -2.09. The molecule has 0 aromatic rings. The Morgan fingerprint density at radius 1 is 1.36 bits per heavy atom. The number of carbonyl (C=O) groups excluding carboxylic acids is 1. The Bertz CT molecular complexity index is 212. The van der Waals surface area contributed by atoms with Crippen molar-refractivity contribution in [1.82, 2.24) is 5.32 Å². The summed E-state index contributed by atoms with van der Waals surface area (Å²) in [5.41, 5.74) is 0.877. The Labute approximate surface area is 65.4 Å². The minimum Gasteiger partial charge on any atom is -0.477 e. The maximum atomic E-state index is 11.2. The lowest BCUT2D eigenvalue weighted by molar-refractivity contribution is -0.114. The molecule has 1 saturated carbocycles. The highest BCUT2D eigenvalue weighted by molar-refractivity contribution is 5.97. The van der Waals surface area contributed by atoms with Crippen LogP contribution in [0.1, 0.15) is 19.3 Å². The van der Waals surface area contributed by atoms with Crippen LogP contribution in [0.3, 0.4) is 0 Å². The molecule has 0 aromatic heterocycles. The average Bonchev–Trinajstić information content (AvgIpc) is 2.55. The van der Waals surface area contributed by atoms with E-state index in [2.05, 4.69) is 5.32 Å². The topological polar surface area (TPSA) is 38.3 Å². The third kappa shape index (κ3) is 1.11. The van der Waals surface area contributed by atoms with Gasteiger partial charge in [0.2, 0.25) is 0 Å². The molecule has 0 radical (unpaired) electrons. The van der Waals surface area contributed by atoms with Crippen molar-refractivity contribution in [2.45, 2.75) is 19.3 Å². The highest BCUT2D eigenvalue weighted by atomic mass is 16.5. The molecule has 1 aliphatic carbocycles. The van der Waals surface area contributed by atoms with E-state index in [0.29, 0.717) is 13.0 Å². The van der Waals surface area contributed by atoms with Crippen LogP contribution in [-0.4, -0.2) is 18.9 Å². The molecule has 0 atom stereocenters. The van der Waals surface area contributed by atoms with Crippen molar-refractivity contribution in [3.63, 3.8) is 0 Å². The Hall–Kier alpha value is -0.990. The fourth-order valence-corrected chi connectivity index (χ4v) is 1.52. The predicted octanol–water partition coefficient (Wildman–Crippen LogP) is 0.571. The monoisotopic (exact) mass is 153 g/mol. The molecule has 0 aromatic carbocycles. The molecule has 11 heavy (non-hydrogen) atoms. The minimum absolute atomic E-state index is 0.259. The molecule has 2 aliphatic rings. The van der Waals surface area contributed by atoms with Crippen LogP contribution in [0.25, 0.3) is 0 Å². The zero-order valence-corrected chi connectivity index (χ0v) is 6.35. The molecule has 0 amide bonds. The summed E-state index contributed by atoms with van der Waals surface area (Å²) < 4.78 is 5.25. The standard InChI is InChI=1S/C8H11NO2/c10-7-3-1-2-6(7)8-9-4-5-11-8/h9H,1-5H2/b8-6-. The molecule has 3 nitrogen and oxygen atoms in total. The highest BCUT2D eigenvalue weighted by Gasteiger charge is 2.24. The molecule has 3 heteroatoms. The van der Waals surface area contributed by atoms with Crippen LogP contribution >= 0.6 is 0 Å². The molecule has 1 heterocycles. The number of nitrogens with one attached hydrogen (secondary N) is 1. The number of hydrogen-bond donors (Lipinski definition) is 1. The molecular weight excluding hydrogens is 142 g/mol. The van der Waals surface area contributed by atoms with Crippen LogP contribution in [0.2, 0.25) is 0 Å². The Morgan fingerprint density at radius 2 is 2.27 bits per heavy atom. The summed E-state index contributed by atoms with van der Waals surface area (Å²) in [7, 11) is 0. The molecular formula is C8H11NO2. The largest absolute Gasteiger partial charge is 0.477 e. The van der Waals surface area contributed by atoms with Gasteiger partial charge in [0.15, 0.2) is 11.7 Å². The third-order valence-corrected chi connectivity index (χ3v) is 2.08. The summed E-state index contributed by atoms with van der Waals surface area (Å²) in [6.45, 7) is 1.54. The van der Waals surface area contributed by atoms with E-state index >= 15 is 0 Å². The highest BCUT2D eigenvalue weighted by Crippen LogP contribution is 2.24. The first-order chi connectivity index (χ1) is 5.38. The Kier molecular flexibility index (Phi) is 1.56. The van der Waals surface area contributed by atoms with Crippen LogP contribution in [0.4, 0.5) is 0 Å². The van der Waals surface area contributed by atoms with Crippen molar-refractivity contribution in [2.24, 2.45) is 0 Å². The van der Waals surface area contributed by atoms with Crippen molar-refractivity contribution in [3.05, 3.63) is 11.5 Å². The molecule has 0 spiro atoms. The van der Waals surface area contributed by atoms with Gasteiger partial charge in [0.25, 0.3) is 0 Å². The summed E-state index contributed by atoms with van der Waals surface area (Å²) in [6.07, 6.45) is 2.58. The maximum Gasteiger partial charge on any atom is 0.193 e. The number of Topliss-reactive ketones (excluding diaryl/α,β-unsaturated/α-hetero) is 1. The molecule has 1 aliphatic heterocycles. The minimum atomic E-state index is 0.259. The zero-order valence-electron chi connectivity index (χ0n) is 6.35. The van der Waals surface area contributed by atoms with Gasteiger partial charge in [0, 0.05) is 6.42 Å². The maximum absolute atomic E-state index is 11.2. The molecule has 1 saturated heterocycles. The van der Waals surface area contributed by atoms with E-state index in [1.54, 1.807) is 0 Å². The number of rotatable bonds is 0. The van der Waals surface area contributed by atoms with Crippen molar-refractivity contribution in [1.29, 1.82) is 0 Å². The van der Waals surface area contributed by atoms with Gasteiger partial charge >= 0.3 is 0 Å². The molecule has 60 valence electrons. The zero-order chi connectivity index (χ0) is 7.68. The number of hydrogen-bond acceptors (Lipinski definition) is 3. The van der Waals surface area contributed by atoms with Crippen molar-refractivity contribution in [2.75, 3.05) is 13.2 Å². The van der Waals surface area contributed by atoms with E-state index in [0.717, 1.165) is 30.8 Å². The van der Waals surface area contributed by atoms with Gasteiger partial charge in [-0.15, -0.1) is 0 Å². The predicted molar refractivity (Wildman–Crippen MR) is 39.8 cm³/mol. The fourth-order valence-electron chi connectivity index (χ4n) is 1.52. The van der Waals surface area contributed by atoms with E-state index in [1.165, 1.54) is 0 Å². The normalized spacial score (nSPS) is 30.4. The third-order valence-electron chi connectivity index (χ3n) is 2.08. The summed E-state index contributed by atoms with van der Waals surface area (Å²) in [5, 5.41) is 3.07. The van der Waals surface area contributed by atoms with E-state index in [-0.39, 0.29) is 5.78 Å². The molecule has 2 fully saturated rings. The molecule has 2 rings (SSSR count). The Balaban J connectivity index is 2.23.